The Kier molecular flexibility index (Phi) is 11.1. The molecular formula is C28H44N4O3. The lowest BCUT2D eigenvalue weighted by molar-refractivity contribution is -0.132. The summed E-state index contributed by atoms with van der Waals surface area (Å²) >= 11 is 0. The van der Waals surface area contributed by atoms with Gasteiger partial charge in [0.05, 0.1) is 26.0 Å². The molecule has 2 atom stereocenters. The molecule has 2 aliphatic rings. The normalized spacial score (nSPS) is 19.9. The zero-order valence-corrected chi connectivity index (χ0v) is 21.7. The standard InChI is InChI=1S/C28H44N4O3/c1-4-5-13-31(14-7-12-29)28(33)21-32-20-25(23-9-10-27-24(17-23)11-16-35-27)18-26(32)8-6-15-34-22(2)19-30-3/h9-10,17,19,25-26H,3-8,11-16,18,20-21,29H2,1-2H3/b22-19-. The summed E-state index contributed by atoms with van der Waals surface area (Å²) in [6.45, 7) is 12.5. The maximum Gasteiger partial charge on any atom is 0.236 e. The zero-order valence-electron chi connectivity index (χ0n) is 21.7. The molecule has 1 fully saturated rings. The zero-order chi connectivity index (χ0) is 25.0. The molecule has 2 heterocycles. The maximum atomic E-state index is 13.3. The van der Waals surface area contributed by atoms with Crippen molar-refractivity contribution in [1.82, 2.24) is 9.80 Å². The summed E-state index contributed by atoms with van der Waals surface area (Å²) < 4.78 is 11.5. The minimum absolute atomic E-state index is 0.229. The molecule has 2 N–H and O–H groups in total. The van der Waals surface area contributed by atoms with Gasteiger partial charge in [-0.2, -0.15) is 0 Å². The van der Waals surface area contributed by atoms with E-state index >= 15 is 0 Å². The van der Waals surface area contributed by atoms with E-state index in [1.165, 1.54) is 11.1 Å². The number of rotatable bonds is 15. The topological polar surface area (TPSA) is 80.4 Å². The first-order valence-corrected chi connectivity index (χ1v) is 13.3. The second kappa shape index (κ2) is 14.2. The second-order valence-electron chi connectivity index (χ2n) is 9.77. The molecule has 0 aliphatic carbocycles. The van der Waals surface area contributed by atoms with E-state index in [1.807, 2.05) is 11.8 Å². The van der Waals surface area contributed by atoms with Crippen molar-refractivity contribution in [3.63, 3.8) is 0 Å². The molecule has 3 rings (SSSR count). The van der Waals surface area contributed by atoms with Gasteiger partial charge in [0.2, 0.25) is 5.91 Å². The maximum absolute atomic E-state index is 13.3. The highest BCUT2D eigenvalue weighted by Crippen LogP contribution is 2.36. The molecule has 2 aliphatic heterocycles. The number of unbranched alkanes of at least 4 members (excludes halogenated alkanes) is 1. The molecule has 0 aromatic heterocycles. The number of likely N-dealkylation sites (tertiary alicyclic amines) is 1. The summed E-state index contributed by atoms with van der Waals surface area (Å²) in [5, 5.41) is 0. The highest BCUT2D eigenvalue weighted by Gasteiger charge is 2.34. The van der Waals surface area contributed by atoms with Crippen molar-refractivity contribution in [3.8, 4) is 5.75 Å². The third-order valence-electron chi connectivity index (χ3n) is 7.10. The number of fused-ring (bicyclic) bond motifs is 1. The first-order chi connectivity index (χ1) is 17.0. The number of hydrogen-bond acceptors (Lipinski definition) is 6. The Labute approximate surface area is 211 Å². The molecule has 194 valence electrons. The first kappa shape index (κ1) is 27.2. The first-order valence-electron chi connectivity index (χ1n) is 13.3. The molecule has 7 nitrogen and oxygen atoms in total. The third-order valence-corrected chi connectivity index (χ3v) is 7.10. The minimum Gasteiger partial charge on any atom is -0.497 e. The van der Waals surface area contributed by atoms with Crippen molar-refractivity contribution in [3.05, 3.63) is 41.3 Å². The van der Waals surface area contributed by atoms with Gasteiger partial charge < -0.3 is 20.1 Å². The molecular weight excluding hydrogens is 440 g/mol. The van der Waals surface area contributed by atoms with Crippen molar-refractivity contribution in [2.45, 2.75) is 70.8 Å². The summed E-state index contributed by atoms with van der Waals surface area (Å²) in [6, 6.07) is 7.02. The lowest BCUT2D eigenvalue weighted by Gasteiger charge is -2.28. The van der Waals surface area contributed by atoms with Crippen LogP contribution in [0.1, 0.15) is 69.4 Å². The smallest absolute Gasteiger partial charge is 0.236 e. The van der Waals surface area contributed by atoms with Crippen LogP contribution in [0.25, 0.3) is 0 Å². The van der Waals surface area contributed by atoms with Crippen LogP contribution in [-0.4, -0.2) is 74.4 Å². The van der Waals surface area contributed by atoms with Crippen LogP contribution in [0.15, 0.2) is 35.2 Å². The van der Waals surface area contributed by atoms with Gasteiger partial charge in [0, 0.05) is 32.1 Å². The van der Waals surface area contributed by atoms with Crippen LogP contribution in [0.5, 0.6) is 5.75 Å². The number of carbonyl (C=O) groups excluding carboxylic acids is 1. The van der Waals surface area contributed by atoms with E-state index in [2.05, 4.69) is 41.7 Å². The number of nitrogens with two attached hydrogens (primary N) is 1. The van der Waals surface area contributed by atoms with Crippen molar-refractivity contribution in [1.29, 1.82) is 0 Å². The minimum atomic E-state index is 0.229. The Bertz CT molecular complexity index is 849. The Morgan fingerprint density at radius 1 is 1.34 bits per heavy atom. The third kappa shape index (κ3) is 8.07. The predicted molar refractivity (Wildman–Crippen MR) is 142 cm³/mol. The number of nitrogens with zero attached hydrogens (tertiary/aromatic N) is 3. The monoisotopic (exact) mass is 484 g/mol. The number of amides is 1. The highest BCUT2D eigenvalue weighted by molar-refractivity contribution is 5.78. The number of carbonyl (C=O) groups is 1. The highest BCUT2D eigenvalue weighted by atomic mass is 16.5. The van der Waals surface area contributed by atoms with Gasteiger partial charge in [0.1, 0.15) is 11.5 Å². The Hall–Kier alpha value is -2.38. The molecule has 1 saturated heterocycles. The fourth-order valence-corrected chi connectivity index (χ4v) is 5.16. The van der Waals surface area contributed by atoms with E-state index in [9.17, 15) is 4.79 Å². The molecule has 0 bridgehead atoms. The molecule has 7 heteroatoms. The molecule has 0 radical (unpaired) electrons. The van der Waals surface area contributed by atoms with Crippen molar-refractivity contribution in [2.24, 2.45) is 10.7 Å². The van der Waals surface area contributed by atoms with Crippen LogP contribution in [0.2, 0.25) is 0 Å². The molecule has 1 aromatic rings. The van der Waals surface area contributed by atoms with Crippen LogP contribution in [0.3, 0.4) is 0 Å². The average Bonchev–Trinajstić information content (AvgIpc) is 3.48. The van der Waals surface area contributed by atoms with Gasteiger partial charge in [-0.1, -0.05) is 25.5 Å². The quantitative estimate of drug-likeness (QED) is 0.230. The summed E-state index contributed by atoms with van der Waals surface area (Å²) in [6.07, 6.45) is 8.59. The molecule has 35 heavy (non-hydrogen) atoms. The van der Waals surface area contributed by atoms with E-state index in [0.29, 0.717) is 31.7 Å². The van der Waals surface area contributed by atoms with E-state index in [1.54, 1.807) is 6.20 Å². The fourth-order valence-electron chi connectivity index (χ4n) is 5.16. The average molecular weight is 485 g/mol. The lowest BCUT2D eigenvalue weighted by atomic mass is 9.93. The SMILES string of the molecule is C=N/C=C(/C)OCCCC1CC(c2ccc3c(c2)CCO3)CN1CC(=O)N(CCCC)CCCN. The van der Waals surface area contributed by atoms with E-state index in [-0.39, 0.29) is 5.91 Å². The van der Waals surface area contributed by atoms with Crippen LogP contribution in [0, 0.1) is 0 Å². The van der Waals surface area contributed by atoms with Crippen molar-refractivity contribution < 1.29 is 14.3 Å². The Morgan fingerprint density at radius 3 is 2.94 bits per heavy atom. The molecule has 0 spiro atoms. The van der Waals surface area contributed by atoms with E-state index in [4.69, 9.17) is 15.2 Å². The van der Waals surface area contributed by atoms with Gasteiger partial charge in [0.15, 0.2) is 0 Å². The van der Waals surface area contributed by atoms with E-state index in [0.717, 1.165) is 82.7 Å². The summed E-state index contributed by atoms with van der Waals surface area (Å²) in [4.78, 5) is 21.5. The van der Waals surface area contributed by atoms with Gasteiger partial charge >= 0.3 is 0 Å². The summed E-state index contributed by atoms with van der Waals surface area (Å²) in [5.41, 5.74) is 8.42. The van der Waals surface area contributed by atoms with Gasteiger partial charge in [-0.3, -0.25) is 14.7 Å². The van der Waals surface area contributed by atoms with Crippen molar-refractivity contribution in [2.75, 3.05) is 45.9 Å². The number of benzene rings is 1. The molecule has 1 amide bonds. The number of ether oxygens (including phenoxy) is 2. The molecule has 2 unspecified atom stereocenters. The van der Waals surface area contributed by atoms with Crippen LogP contribution in [-0.2, 0) is 16.0 Å². The van der Waals surface area contributed by atoms with Crippen LogP contribution in [0.4, 0.5) is 0 Å². The van der Waals surface area contributed by atoms with Gasteiger partial charge in [-0.05, 0) is 75.4 Å². The second-order valence-corrected chi connectivity index (χ2v) is 9.77. The predicted octanol–water partition coefficient (Wildman–Crippen LogP) is 4.12. The Balaban J connectivity index is 1.66. The fraction of sp³-hybridized carbons (Fsp3) is 0.643. The number of allylic oxidation sites excluding steroid dienone is 1. The van der Waals surface area contributed by atoms with Gasteiger partial charge in [-0.25, -0.2) is 0 Å². The lowest BCUT2D eigenvalue weighted by Crippen LogP contribution is -2.43. The van der Waals surface area contributed by atoms with Crippen molar-refractivity contribution >= 4 is 12.6 Å². The molecule has 0 saturated carbocycles. The number of aliphatic imine (C=N–C) groups is 1. The molecule has 1 aromatic carbocycles. The van der Waals surface area contributed by atoms with Gasteiger partial charge in [-0.15, -0.1) is 0 Å². The van der Waals surface area contributed by atoms with Gasteiger partial charge in [0.25, 0.3) is 0 Å². The summed E-state index contributed by atoms with van der Waals surface area (Å²) in [7, 11) is 0. The largest absolute Gasteiger partial charge is 0.497 e. The number of hydrogen-bond donors (Lipinski definition) is 1. The van der Waals surface area contributed by atoms with E-state index < -0.39 is 0 Å². The van der Waals surface area contributed by atoms with Crippen LogP contribution >= 0.6 is 0 Å². The summed E-state index contributed by atoms with van der Waals surface area (Å²) in [5.74, 6) is 2.46. The van der Waals surface area contributed by atoms with Crippen LogP contribution < -0.4 is 10.5 Å². The Morgan fingerprint density at radius 2 is 2.17 bits per heavy atom.